The van der Waals surface area contributed by atoms with Gasteiger partial charge in [0, 0.05) is 16.3 Å². The molecular weight excluding hydrogens is 328 g/mol. The standard InChI is InChI=1S/C18H13ClN2OS/c1-12-2-4-13(5-3-12)11-23-18-16(10-20)21-17(22-18)14-6-8-15(19)9-7-14/h2-9H,11H2,1H3. The summed E-state index contributed by atoms with van der Waals surface area (Å²) in [6, 6.07) is 17.6. The van der Waals surface area contributed by atoms with Gasteiger partial charge < -0.3 is 4.42 Å². The van der Waals surface area contributed by atoms with E-state index in [9.17, 15) is 5.26 Å². The zero-order valence-corrected chi connectivity index (χ0v) is 14.0. The van der Waals surface area contributed by atoms with Gasteiger partial charge in [-0.2, -0.15) is 10.2 Å². The zero-order valence-electron chi connectivity index (χ0n) is 12.4. The summed E-state index contributed by atoms with van der Waals surface area (Å²) in [5.41, 5.74) is 3.51. The van der Waals surface area contributed by atoms with Crippen LogP contribution in [0.3, 0.4) is 0 Å². The van der Waals surface area contributed by atoms with E-state index in [4.69, 9.17) is 16.0 Å². The fraction of sp³-hybridized carbons (Fsp3) is 0.111. The third-order valence-corrected chi connectivity index (χ3v) is 4.55. The van der Waals surface area contributed by atoms with Gasteiger partial charge in [-0.1, -0.05) is 53.2 Å². The van der Waals surface area contributed by atoms with E-state index in [-0.39, 0.29) is 0 Å². The molecule has 0 saturated carbocycles. The quantitative estimate of drug-likeness (QED) is 0.591. The Morgan fingerprint density at radius 3 is 2.48 bits per heavy atom. The van der Waals surface area contributed by atoms with Crippen LogP contribution in [0.4, 0.5) is 0 Å². The van der Waals surface area contributed by atoms with Crippen molar-refractivity contribution >= 4 is 23.4 Å². The Morgan fingerprint density at radius 2 is 1.83 bits per heavy atom. The van der Waals surface area contributed by atoms with E-state index in [2.05, 4.69) is 42.2 Å². The predicted molar refractivity (Wildman–Crippen MR) is 92.4 cm³/mol. The Bertz CT molecular complexity index is 848. The lowest BCUT2D eigenvalue weighted by Gasteiger charge is -2.00. The fourth-order valence-electron chi connectivity index (χ4n) is 2.02. The first-order valence-electron chi connectivity index (χ1n) is 7.01. The Labute approximate surface area is 143 Å². The van der Waals surface area contributed by atoms with E-state index in [1.165, 1.54) is 22.9 Å². The Hall–Kier alpha value is -2.22. The Kier molecular flexibility index (Phi) is 4.71. The molecule has 3 rings (SSSR count). The highest BCUT2D eigenvalue weighted by atomic mass is 35.5. The van der Waals surface area contributed by atoms with E-state index in [1.807, 2.05) is 12.1 Å². The van der Waals surface area contributed by atoms with E-state index < -0.39 is 0 Å². The summed E-state index contributed by atoms with van der Waals surface area (Å²) in [6.07, 6.45) is 0. The van der Waals surface area contributed by atoms with Crippen molar-refractivity contribution in [1.29, 1.82) is 5.26 Å². The largest absolute Gasteiger partial charge is 0.428 e. The number of rotatable bonds is 4. The van der Waals surface area contributed by atoms with Crippen LogP contribution in [0.5, 0.6) is 0 Å². The van der Waals surface area contributed by atoms with Crippen LogP contribution in [0.15, 0.2) is 58.0 Å². The number of thioether (sulfide) groups is 1. The maximum absolute atomic E-state index is 9.25. The summed E-state index contributed by atoms with van der Waals surface area (Å²) in [4.78, 5) is 4.26. The summed E-state index contributed by atoms with van der Waals surface area (Å²) in [7, 11) is 0. The van der Waals surface area contributed by atoms with Crippen molar-refractivity contribution in [3.05, 3.63) is 70.4 Å². The van der Waals surface area contributed by atoms with Gasteiger partial charge in [0.15, 0.2) is 10.8 Å². The van der Waals surface area contributed by atoms with Crippen LogP contribution in [-0.4, -0.2) is 4.98 Å². The van der Waals surface area contributed by atoms with Crippen molar-refractivity contribution in [2.24, 2.45) is 0 Å². The second-order valence-corrected chi connectivity index (χ2v) is 6.43. The lowest BCUT2D eigenvalue weighted by molar-refractivity contribution is 0.483. The molecule has 23 heavy (non-hydrogen) atoms. The monoisotopic (exact) mass is 340 g/mol. The first-order valence-corrected chi connectivity index (χ1v) is 8.37. The maximum atomic E-state index is 9.25. The molecule has 0 aliphatic carbocycles. The Morgan fingerprint density at radius 1 is 1.13 bits per heavy atom. The molecule has 0 atom stereocenters. The van der Waals surface area contributed by atoms with Gasteiger partial charge in [-0.25, -0.2) is 0 Å². The van der Waals surface area contributed by atoms with Gasteiger partial charge in [-0.3, -0.25) is 0 Å². The van der Waals surface area contributed by atoms with Crippen molar-refractivity contribution in [2.45, 2.75) is 17.8 Å². The molecule has 0 amide bonds. The molecule has 1 heterocycles. The molecule has 0 radical (unpaired) electrons. The van der Waals surface area contributed by atoms with Crippen molar-refractivity contribution in [1.82, 2.24) is 4.98 Å². The number of aryl methyl sites for hydroxylation is 1. The van der Waals surface area contributed by atoms with E-state index in [0.717, 1.165) is 11.3 Å². The molecule has 114 valence electrons. The van der Waals surface area contributed by atoms with Crippen LogP contribution < -0.4 is 0 Å². The van der Waals surface area contributed by atoms with E-state index >= 15 is 0 Å². The maximum Gasteiger partial charge on any atom is 0.228 e. The Balaban J connectivity index is 1.80. The number of nitrogens with zero attached hydrogens (tertiary/aromatic N) is 2. The molecular formula is C18H13ClN2OS. The highest BCUT2D eigenvalue weighted by molar-refractivity contribution is 7.98. The molecule has 0 N–H and O–H groups in total. The van der Waals surface area contributed by atoms with Crippen LogP contribution in [0.25, 0.3) is 11.5 Å². The second-order valence-electron chi connectivity index (χ2n) is 5.05. The molecule has 0 spiro atoms. The molecule has 0 aliphatic rings. The average molecular weight is 341 g/mol. The van der Waals surface area contributed by atoms with Gasteiger partial charge in [0.1, 0.15) is 6.07 Å². The minimum atomic E-state index is 0.312. The van der Waals surface area contributed by atoms with Gasteiger partial charge >= 0.3 is 0 Å². The number of halogens is 1. The van der Waals surface area contributed by atoms with Crippen LogP contribution in [0, 0.1) is 18.3 Å². The number of hydrogen-bond donors (Lipinski definition) is 0. The van der Waals surface area contributed by atoms with Crippen molar-refractivity contribution in [3.8, 4) is 17.5 Å². The van der Waals surface area contributed by atoms with Gasteiger partial charge in [0.2, 0.25) is 5.89 Å². The first-order chi connectivity index (χ1) is 11.2. The van der Waals surface area contributed by atoms with E-state index in [0.29, 0.717) is 21.7 Å². The summed E-state index contributed by atoms with van der Waals surface area (Å²) in [6.45, 7) is 2.06. The molecule has 0 bridgehead atoms. The lowest BCUT2D eigenvalue weighted by Crippen LogP contribution is -1.82. The SMILES string of the molecule is Cc1ccc(CSc2oc(-c3ccc(Cl)cc3)nc2C#N)cc1. The van der Waals surface area contributed by atoms with Gasteiger partial charge in [-0.05, 0) is 36.8 Å². The normalized spacial score (nSPS) is 10.5. The topological polar surface area (TPSA) is 49.8 Å². The number of benzene rings is 2. The highest BCUT2D eigenvalue weighted by Crippen LogP contribution is 2.31. The summed E-state index contributed by atoms with van der Waals surface area (Å²) in [5, 5.41) is 10.4. The van der Waals surface area contributed by atoms with Gasteiger partial charge in [0.05, 0.1) is 0 Å². The fourth-order valence-corrected chi connectivity index (χ4v) is 3.01. The summed E-state index contributed by atoms with van der Waals surface area (Å²) < 4.78 is 5.76. The van der Waals surface area contributed by atoms with Crippen molar-refractivity contribution in [2.75, 3.05) is 0 Å². The summed E-state index contributed by atoms with van der Waals surface area (Å²) in [5.74, 6) is 1.16. The average Bonchev–Trinajstić information content (AvgIpc) is 2.98. The molecule has 0 saturated heterocycles. The molecule has 2 aromatic carbocycles. The van der Waals surface area contributed by atoms with E-state index in [1.54, 1.807) is 12.1 Å². The number of oxazole rings is 1. The predicted octanol–water partition coefficient (Wildman–Crippen LogP) is 5.47. The van der Waals surface area contributed by atoms with Crippen LogP contribution >= 0.6 is 23.4 Å². The van der Waals surface area contributed by atoms with Crippen molar-refractivity contribution in [3.63, 3.8) is 0 Å². The number of hydrogen-bond acceptors (Lipinski definition) is 4. The molecule has 1 aromatic heterocycles. The molecule has 0 aliphatic heterocycles. The van der Waals surface area contributed by atoms with Crippen LogP contribution in [-0.2, 0) is 5.75 Å². The second kappa shape index (κ2) is 6.91. The molecule has 0 fully saturated rings. The highest BCUT2D eigenvalue weighted by Gasteiger charge is 2.15. The zero-order chi connectivity index (χ0) is 16.2. The van der Waals surface area contributed by atoms with Crippen molar-refractivity contribution < 1.29 is 4.42 Å². The van der Waals surface area contributed by atoms with Crippen LogP contribution in [0.1, 0.15) is 16.8 Å². The third-order valence-electron chi connectivity index (χ3n) is 3.28. The molecule has 5 heteroatoms. The smallest absolute Gasteiger partial charge is 0.228 e. The minimum Gasteiger partial charge on any atom is -0.428 e. The minimum absolute atomic E-state index is 0.312. The summed E-state index contributed by atoms with van der Waals surface area (Å²) >= 11 is 7.36. The first kappa shape index (κ1) is 15.7. The molecule has 3 nitrogen and oxygen atoms in total. The van der Waals surface area contributed by atoms with Gasteiger partial charge in [0.25, 0.3) is 0 Å². The third kappa shape index (κ3) is 3.76. The van der Waals surface area contributed by atoms with Gasteiger partial charge in [-0.15, -0.1) is 0 Å². The lowest BCUT2D eigenvalue weighted by atomic mass is 10.2. The number of nitriles is 1. The molecule has 3 aromatic rings. The molecule has 0 unspecified atom stereocenters. The van der Waals surface area contributed by atoms with Crippen LogP contribution in [0.2, 0.25) is 5.02 Å². The number of aromatic nitrogens is 1.